The maximum absolute atomic E-state index is 6.41. The molecule has 0 atom stereocenters. The van der Waals surface area contributed by atoms with Crippen molar-refractivity contribution in [2.75, 3.05) is 0 Å². The summed E-state index contributed by atoms with van der Waals surface area (Å²) in [6.07, 6.45) is 0. The van der Waals surface area contributed by atoms with E-state index in [2.05, 4.69) is 127 Å². The van der Waals surface area contributed by atoms with Crippen LogP contribution in [-0.2, 0) is 0 Å². The minimum absolute atomic E-state index is 0.593. The van der Waals surface area contributed by atoms with Gasteiger partial charge in [0.05, 0.1) is 0 Å². The topological polar surface area (TPSA) is 51.8 Å². The Morgan fingerprint density at radius 3 is 1.35 bits per heavy atom. The molecule has 4 nitrogen and oxygen atoms in total. The van der Waals surface area contributed by atoms with E-state index in [0.717, 1.165) is 60.9 Å². The van der Waals surface area contributed by atoms with Gasteiger partial charge in [-0.3, -0.25) is 0 Å². The summed E-state index contributed by atoms with van der Waals surface area (Å²) in [5.41, 5.74) is 11.3. The van der Waals surface area contributed by atoms with Crippen molar-refractivity contribution in [3.63, 3.8) is 0 Å². The summed E-state index contributed by atoms with van der Waals surface area (Å²) in [6.45, 7) is 0. The molecule has 0 radical (unpaired) electrons. The fourth-order valence-corrected chi connectivity index (χ4v) is 6.40. The third-order valence-corrected chi connectivity index (χ3v) is 8.95. The van der Waals surface area contributed by atoms with Crippen LogP contribution in [0.1, 0.15) is 0 Å². The quantitative estimate of drug-likeness (QED) is 0.184. The predicted molar refractivity (Wildman–Crippen MR) is 200 cm³/mol. The van der Waals surface area contributed by atoms with Crippen LogP contribution in [0, 0.1) is 0 Å². The Morgan fingerprint density at radius 2 is 0.694 bits per heavy atom. The van der Waals surface area contributed by atoms with E-state index in [9.17, 15) is 0 Å². The third kappa shape index (κ3) is 5.56. The van der Waals surface area contributed by atoms with Crippen molar-refractivity contribution in [2.24, 2.45) is 0 Å². The van der Waals surface area contributed by atoms with Crippen LogP contribution in [0.2, 0.25) is 0 Å². The molecular weight excluding hydrogens is 599 g/mol. The van der Waals surface area contributed by atoms with Gasteiger partial charge in [0.15, 0.2) is 17.5 Å². The molecule has 0 saturated carbocycles. The zero-order chi connectivity index (χ0) is 32.6. The highest BCUT2D eigenvalue weighted by Crippen LogP contribution is 2.36. The molecule has 9 aromatic rings. The largest absolute Gasteiger partial charge is 0.456 e. The van der Waals surface area contributed by atoms with Gasteiger partial charge >= 0.3 is 0 Å². The molecule has 0 aliphatic rings. The summed E-state index contributed by atoms with van der Waals surface area (Å²) in [5, 5.41) is 2.12. The SMILES string of the molecule is c1ccc(-c2ccc(-c3ccc4oc5cc(-c6nc(-c7ccccc7)nc(-c7cccc(-c8ccccc8)c7)n6)ccc5c4c3)cc2)cc1. The lowest BCUT2D eigenvalue weighted by Crippen LogP contribution is -2.00. The minimum Gasteiger partial charge on any atom is -0.456 e. The van der Waals surface area contributed by atoms with Gasteiger partial charge < -0.3 is 4.42 Å². The molecule has 9 rings (SSSR count). The van der Waals surface area contributed by atoms with Crippen molar-refractivity contribution in [1.29, 1.82) is 0 Å². The fourth-order valence-electron chi connectivity index (χ4n) is 6.40. The molecule has 49 heavy (non-hydrogen) atoms. The van der Waals surface area contributed by atoms with E-state index in [1.807, 2.05) is 48.5 Å². The second kappa shape index (κ2) is 12.2. The van der Waals surface area contributed by atoms with Crippen LogP contribution >= 0.6 is 0 Å². The fraction of sp³-hybridized carbons (Fsp3) is 0. The molecule has 230 valence electrons. The lowest BCUT2D eigenvalue weighted by molar-refractivity contribution is 0.669. The van der Waals surface area contributed by atoms with Crippen LogP contribution < -0.4 is 0 Å². The lowest BCUT2D eigenvalue weighted by atomic mass is 9.99. The molecule has 0 spiro atoms. The Bertz CT molecular complexity index is 2580. The molecule has 0 aliphatic carbocycles. The Kier molecular flexibility index (Phi) is 7.10. The summed E-state index contributed by atoms with van der Waals surface area (Å²) in [7, 11) is 0. The molecule has 0 N–H and O–H groups in total. The first-order chi connectivity index (χ1) is 24.2. The van der Waals surface area contributed by atoms with Gasteiger partial charge in [0.25, 0.3) is 0 Å². The van der Waals surface area contributed by atoms with Gasteiger partial charge in [0, 0.05) is 27.5 Å². The second-order valence-corrected chi connectivity index (χ2v) is 12.1. The van der Waals surface area contributed by atoms with E-state index in [1.165, 1.54) is 11.1 Å². The first-order valence-corrected chi connectivity index (χ1v) is 16.4. The maximum Gasteiger partial charge on any atom is 0.164 e. The van der Waals surface area contributed by atoms with Gasteiger partial charge in [0.2, 0.25) is 0 Å². The van der Waals surface area contributed by atoms with Crippen molar-refractivity contribution in [2.45, 2.75) is 0 Å². The summed E-state index contributed by atoms with van der Waals surface area (Å²) < 4.78 is 6.41. The third-order valence-electron chi connectivity index (χ3n) is 8.95. The molecule has 0 unspecified atom stereocenters. The van der Waals surface area contributed by atoms with E-state index in [1.54, 1.807) is 0 Å². The lowest BCUT2D eigenvalue weighted by Gasteiger charge is -2.09. The van der Waals surface area contributed by atoms with Gasteiger partial charge in [-0.25, -0.2) is 15.0 Å². The van der Waals surface area contributed by atoms with Gasteiger partial charge in [0.1, 0.15) is 11.2 Å². The van der Waals surface area contributed by atoms with E-state index < -0.39 is 0 Å². The maximum atomic E-state index is 6.41. The molecular formula is C45H29N3O. The number of fused-ring (bicyclic) bond motifs is 3. The van der Waals surface area contributed by atoms with Gasteiger partial charge in [-0.1, -0.05) is 146 Å². The van der Waals surface area contributed by atoms with Gasteiger partial charge in [-0.15, -0.1) is 0 Å². The summed E-state index contributed by atoms with van der Waals surface area (Å²) in [6, 6.07) is 60.6. The van der Waals surface area contributed by atoms with Gasteiger partial charge in [-0.2, -0.15) is 0 Å². The molecule has 0 amide bonds. The average Bonchev–Trinajstić information content (AvgIpc) is 3.56. The van der Waals surface area contributed by atoms with Crippen LogP contribution in [0.5, 0.6) is 0 Å². The Hall–Kier alpha value is -6.65. The van der Waals surface area contributed by atoms with Crippen molar-refractivity contribution < 1.29 is 4.42 Å². The average molecular weight is 628 g/mol. The number of rotatable bonds is 6. The van der Waals surface area contributed by atoms with Crippen molar-refractivity contribution >= 4 is 21.9 Å². The van der Waals surface area contributed by atoms with Crippen LogP contribution in [0.4, 0.5) is 0 Å². The second-order valence-electron chi connectivity index (χ2n) is 12.1. The number of benzene rings is 7. The molecule has 4 heteroatoms. The Balaban J connectivity index is 1.11. The Labute approximate surface area is 284 Å². The molecule has 2 aromatic heterocycles. The molecule has 0 saturated heterocycles. The number of aromatic nitrogens is 3. The highest BCUT2D eigenvalue weighted by molar-refractivity contribution is 6.07. The van der Waals surface area contributed by atoms with E-state index in [-0.39, 0.29) is 0 Å². The molecule has 0 fully saturated rings. The zero-order valence-electron chi connectivity index (χ0n) is 26.5. The first kappa shape index (κ1) is 28.6. The van der Waals surface area contributed by atoms with Crippen molar-refractivity contribution in [3.05, 3.63) is 176 Å². The highest BCUT2D eigenvalue weighted by Gasteiger charge is 2.16. The molecule has 0 aliphatic heterocycles. The van der Waals surface area contributed by atoms with E-state index >= 15 is 0 Å². The summed E-state index contributed by atoms with van der Waals surface area (Å²) in [5.74, 6) is 1.84. The number of nitrogens with zero attached hydrogens (tertiary/aromatic N) is 3. The van der Waals surface area contributed by atoms with Crippen LogP contribution in [0.15, 0.2) is 180 Å². The zero-order valence-corrected chi connectivity index (χ0v) is 26.5. The highest BCUT2D eigenvalue weighted by atomic mass is 16.3. The van der Waals surface area contributed by atoms with Gasteiger partial charge in [-0.05, 0) is 63.7 Å². The van der Waals surface area contributed by atoms with Crippen LogP contribution in [0.3, 0.4) is 0 Å². The van der Waals surface area contributed by atoms with E-state index in [4.69, 9.17) is 19.4 Å². The summed E-state index contributed by atoms with van der Waals surface area (Å²) >= 11 is 0. The minimum atomic E-state index is 0.593. The summed E-state index contributed by atoms with van der Waals surface area (Å²) in [4.78, 5) is 14.9. The van der Waals surface area contributed by atoms with Crippen molar-refractivity contribution in [3.8, 4) is 67.5 Å². The predicted octanol–water partition coefficient (Wildman–Crippen LogP) is 11.8. The smallest absolute Gasteiger partial charge is 0.164 e. The number of furan rings is 1. The van der Waals surface area contributed by atoms with Crippen molar-refractivity contribution in [1.82, 2.24) is 15.0 Å². The van der Waals surface area contributed by atoms with E-state index in [0.29, 0.717) is 17.5 Å². The molecule has 7 aromatic carbocycles. The number of hydrogen-bond donors (Lipinski definition) is 0. The number of hydrogen-bond acceptors (Lipinski definition) is 4. The van der Waals surface area contributed by atoms with Crippen LogP contribution in [0.25, 0.3) is 89.5 Å². The molecule has 2 heterocycles. The normalized spacial score (nSPS) is 11.3. The first-order valence-electron chi connectivity index (χ1n) is 16.4. The standard InChI is InChI=1S/C45H29N3O/c1-4-11-30(12-5-1)32-19-21-33(22-20-32)36-24-26-41-40(28-36)39-25-23-38(29-42(39)49-41)45-47-43(34-15-8-3-9-16-34)46-44(48-45)37-18-10-17-35(27-37)31-13-6-2-7-14-31/h1-29H. The van der Waals surface area contributed by atoms with Crippen LogP contribution in [-0.4, -0.2) is 15.0 Å². The Morgan fingerprint density at radius 1 is 0.265 bits per heavy atom. The monoisotopic (exact) mass is 627 g/mol. The molecule has 0 bridgehead atoms.